The third-order valence-corrected chi connectivity index (χ3v) is 0.928. The van der Waals surface area contributed by atoms with Crippen LogP contribution in [0, 0.1) is 0 Å². The number of carbonyl (C=O) groups excluding carboxylic acids is 1. The third-order valence-electron chi connectivity index (χ3n) is 0.459. The lowest BCUT2D eigenvalue weighted by molar-refractivity contribution is 0.160. The molecule has 10 heavy (non-hydrogen) atoms. The minimum atomic E-state index is -0.722. The van der Waals surface area contributed by atoms with Crippen molar-refractivity contribution in [3.63, 3.8) is 0 Å². The van der Waals surface area contributed by atoms with E-state index in [-0.39, 0.29) is 0 Å². The van der Waals surface area contributed by atoms with E-state index < -0.39 is 15.6 Å². The van der Waals surface area contributed by atoms with Crippen molar-refractivity contribution < 1.29 is 9.53 Å². The summed E-state index contributed by atoms with van der Waals surface area (Å²) in [6.45, 7) is 0. The zero-order valence-corrected chi connectivity index (χ0v) is 8.34. The van der Waals surface area contributed by atoms with Crippen LogP contribution in [0.4, 0.5) is 4.79 Å². The van der Waals surface area contributed by atoms with E-state index >= 15 is 0 Å². The lowest BCUT2D eigenvalue weighted by Crippen LogP contribution is -2.28. The first-order chi connectivity index (χ1) is 4.52. The summed E-state index contributed by atoms with van der Waals surface area (Å²) >= 11 is 14.9. The predicted octanol–water partition coefficient (Wildman–Crippen LogP) is 0.999. The van der Waals surface area contributed by atoms with Crippen molar-refractivity contribution in [3.8, 4) is 0 Å². The van der Waals surface area contributed by atoms with Crippen LogP contribution in [0.15, 0.2) is 0 Å². The molecule has 0 aromatic rings. The van der Waals surface area contributed by atoms with E-state index in [2.05, 4.69) is 60.6 Å². The van der Waals surface area contributed by atoms with Gasteiger partial charge in [0.2, 0.25) is 0 Å². The second-order valence-electron chi connectivity index (χ2n) is 1.25. The van der Waals surface area contributed by atoms with Crippen LogP contribution in [0.3, 0.4) is 0 Å². The van der Waals surface area contributed by atoms with Gasteiger partial charge < -0.3 is 10.1 Å². The highest BCUT2D eigenvalue weighted by molar-refractivity contribution is 7.99. The van der Waals surface area contributed by atoms with Gasteiger partial charge in [-0.25, -0.2) is 4.79 Å². The first-order valence-electron chi connectivity index (χ1n) is 2.22. The van der Waals surface area contributed by atoms with Crippen molar-refractivity contribution in [2.75, 3.05) is 0 Å². The summed E-state index contributed by atoms with van der Waals surface area (Å²) < 4.78 is 3.19. The highest BCUT2D eigenvalue weighted by atomic mass is 32.2. The van der Waals surface area contributed by atoms with Gasteiger partial charge in [0.05, 0.1) is 0 Å². The average molecular weight is 217 g/mol. The summed E-state index contributed by atoms with van der Waals surface area (Å²) in [5.74, 6) is 0. The van der Waals surface area contributed by atoms with Crippen LogP contribution in [0.1, 0.15) is 0 Å². The molecule has 7 heteroatoms. The Morgan fingerprint density at radius 1 is 1.30 bits per heavy atom. The maximum absolute atomic E-state index is 10.5. The number of hydrogen-bond acceptors (Lipinski definition) is 6. The van der Waals surface area contributed by atoms with Crippen LogP contribution >= 0.6 is 50.5 Å². The average Bonchev–Trinajstić information content (AvgIpc) is 1.58. The van der Waals surface area contributed by atoms with Crippen molar-refractivity contribution in [1.82, 2.24) is 5.32 Å². The van der Waals surface area contributed by atoms with Crippen molar-refractivity contribution in [1.29, 1.82) is 0 Å². The molecule has 0 heterocycles. The van der Waals surface area contributed by atoms with Gasteiger partial charge in [0.15, 0.2) is 4.77 Å². The van der Waals surface area contributed by atoms with Gasteiger partial charge in [-0.3, -0.25) is 0 Å². The molecule has 0 aliphatic rings. The molecule has 0 aromatic heterocycles. The number of alkyl carbamates (subject to hydrolysis) is 1. The van der Waals surface area contributed by atoms with Crippen molar-refractivity contribution in [3.05, 3.63) is 0 Å². The molecule has 3 nitrogen and oxygen atoms in total. The Hall–Kier alpha value is 0.670. The maximum Gasteiger partial charge on any atom is 0.410 e. The molecule has 0 spiro atoms. The standard InChI is InChI=1S/C3H7NO2S4/c5-1(4-2(7)8)6-3(9)10/h2-3,7-10H,(H,4,5). The smallest absolute Gasteiger partial charge is 0.410 e. The van der Waals surface area contributed by atoms with E-state index in [9.17, 15) is 4.79 Å². The van der Waals surface area contributed by atoms with E-state index in [0.29, 0.717) is 0 Å². The molecule has 0 aliphatic heterocycles. The second-order valence-corrected chi connectivity index (χ2v) is 4.04. The zero-order chi connectivity index (χ0) is 8.15. The van der Waals surface area contributed by atoms with E-state index in [1.807, 2.05) is 0 Å². The highest BCUT2D eigenvalue weighted by Crippen LogP contribution is 2.03. The fourth-order valence-electron chi connectivity index (χ4n) is 0.235. The molecule has 0 atom stereocenters. The van der Waals surface area contributed by atoms with Crippen LogP contribution in [0.25, 0.3) is 0 Å². The summed E-state index contributed by atoms with van der Waals surface area (Å²) in [6.07, 6.45) is -0.648. The van der Waals surface area contributed by atoms with Crippen LogP contribution < -0.4 is 5.32 Å². The molecule has 0 radical (unpaired) electrons. The maximum atomic E-state index is 10.5. The third kappa shape index (κ3) is 6.79. The van der Waals surface area contributed by atoms with Gasteiger partial charge >= 0.3 is 6.09 Å². The number of ether oxygens (including phenoxy) is 1. The van der Waals surface area contributed by atoms with Crippen LogP contribution in [0.5, 0.6) is 0 Å². The Morgan fingerprint density at radius 3 is 2.10 bits per heavy atom. The molecule has 0 aromatic carbocycles. The Labute approximate surface area is 80.9 Å². The van der Waals surface area contributed by atoms with Crippen LogP contribution in [-0.4, -0.2) is 15.6 Å². The fraction of sp³-hybridized carbons (Fsp3) is 0.667. The molecular weight excluding hydrogens is 210 g/mol. The van der Waals surface area contributed by atoms with E-state index in [1.165, 1.54) is 0 Å². The van der Waals surface area contributed by atoms with Gasteiger partial charge in [-0.15, -0.1) is 50.5 Å². The summed E-state index contributed by atoms with van der Waals surface area (Å²) in [5.41, 5.74) is 0. The summed E-state index contributed by atoms with van der Waals surface area (Å²) in [5, 5.41) is 2.24. The molecule has 1 amide bonds. The van der Waals surface area contributed by atoms with Crippen molar-refractivity contribution in [2.45, 2.75) is 9.47 Å². The minimum Gasteiger partial charge on any atom is -0.425 e. The largest absolute Gasteiger partial charge is 0.425 e. The molecular formula is C3H7NO2S4. The fourth-order valence-corrected chi connectivity index (χ4v) is 0.637. The number of carbonyl (C=O) groups is 1. The number of hydrogen-bond donors (Lipinski definition) is 5. The predicted molar refractivity (Wildman–Crippen MR) is 53.1 cm³/mol. The monoisotopic (exact) mass is 217 g/mol. The zero-order valence-electron chi connectivity index (χ0n) is 4.76. The Balaban J connectivity index is 3.44. The Kier molecular flexibility index (Phi) is 5.69. The molecule has 0 fully saturated rings. The molecule has 1 N–H and O–H groups in total. The summed E-state index contributed by atoms with van der Waals surface area (Å²) in [6, 6.07) is 0. The van der Waals surface area contributed by atoms with E-state index in [1.54, 1.807) is 0 Å². The van der Waals surface area contributed by atoms with Crippen molar-refractivity contribution >= 4 is 56.6 Å². The Bertz CT molecular complexity index is 105. The van der Waals surface area contributed by atoms with Crippen molar-refractivity contribution in [2.24, 2.45) is 0 Å². The quantitative estimate of drug-likeness (QED) is 0.354. The molecule has 0 saturated heterocycles. The first kappa shape index (κ1) is 10.7. The molecule has 0 bridgehead atoms. The van der Waals surface area contributed by atoms with Crippen LogP contribution in [0.2, 0.25) is 0 Å². The lowest BCUT2D eigenvalue weighted by atomic mass is 11.1. The number of thiol groups is 4. The SMILES string of the molecule is O=C(NC(S)S)OC(S)S. The van der Waals surface area contributed by atoms with Gasteiger partial charge in [0.1, 0.15) is 4.71 Å². The number of amides is 1. The number of rotatable bonds is 2. The Morgan fingerprint density at radius 2 is 1.80 bits per heavy atom. The second kappa shape index (κ2) is 5.34. The van der Waals surface area contributed by atoms with E-state index in [4.69, 9.17) is 0 Å². The van der Waals surface area contributed by atoms with Crippen LogP contribution in [-0.2, 0) is 4.74 Å². The topological polar surface area (TPSA) is 38.3 Å². The molecule has 60 valence electrons. The summed E-state index contributed by atoms with van der Waals surface area (Å²) in [7, 11) is 0. The highest BCUT2D eigenvalue weighted by Gasteiger charge is 2.06. The van der Waals surface area contributed by atoms with Gasteiger partial charge in [-0.2, -0.15) is 0 Å². The normalized spacial score (nSPS) is 10.2. The first-order valence-corrected chi connectivity index (χ1v) is 4.28. The molecule has 0 aliphatic carbocycles. The summed E-state index contributed by atoms with van der Waals surface area (Å²) in [4.78, 5) is 10.5. The van der Waals surface area contributed by atoms with E-state index in [0.717, 1.165) is 0 Å². The minimum absolute atomic E-state index is 0.534. The van der Waals surface area contributed by atoms with Gasteiger partial charge in [0, 0.05) is 0 Å². The van der Waals surface area contributed by atoms with Gasteiger partial charge in [-0.05, 0) is 0 Å². The lowest BCUT2D eigenvalue weighted by Gasteiger charge is -2.08. The van der Waals surface area contributed by atoms with Gasteiger partial charge in [-0.1, -0.05) is 0 Å². The molecule has 0 saturated carbocycles. The number of nitrogens with one attached hydrogen (secondary N) is 1. The van der Waals surface area contributed by atoms with Gasteiger partial charge in [0.25, 0.3) is 0 Å². The molecule has 0 unspecified atom stereocenters. The molecule has 0 rings (SSSR count).